The average molecular weight is 1110 g/mol. The molecule has 0 saturated heterocycles. The van der Waals surface area contributed by atoms with Crippen LogP contribution in [0.15, 0.2) is 170 Å². The summed E-state index contributed by atoms with van der Waals surface area (Å²) in [7, 11) is 0. The first kappa shape index (κ1) is 47.0. The SMILES string of the molecule is [2H]C1(c2ccccc2)CCC([2H])(c2ccc(-c3ccnc(-c4[c-]c(-c5cccc6c5nc(-c5cc(C(C)(C)C)ccc5O)n6-c5ccc(C(C)(C)C)cc5-c5ccccc5)cc(C(C)(C)C)c4)c3)cc2)CC1.[Pt]. The van der Waals surface area contributed by atoms with Crippen LogP contribution in [0.25, 0.3) is 72.7 Å². The van der Waals surface area contributed by atoms with Gasteiger partial charge in [-0.2, -0.15) is 0 Å². The van der Waals surface area contributed by atoms with Crippen molar-refractivity contribution in [2.45, 2.75) is 116 Å². The van der Waals surface area contributed by atoms with Crippen LogP contribution in [0.1, 0.15) is 130 Å². The molecule has 9 aromatic rings. The molecule has 1 saturated carbocycles. The molecule has 7 aromatic carbocycles. The van der Waals surface area contributed by atoms with Crippen molar-refractivity contribution < 1.29 is 28.9 Å². The fourth-order valence-electron chi connectivity index (χ4n) is 10.0. The predicted octanol–water partition coefficient (Wildman–Crippen LogP) is 17.6. The smallest absolute Gasteiger partial charge is 0.148 e. The van der Waals surface area contributed by atoms with E-state index in [1.54, 1.807) is 6.07 Å². The van der Waals surface area contributed by atoms with Gasteiger partial charge >= 0.3 is 0 Å². The van der Waals surface area contributed by atoms with E-state index in [2.05, 4.69) is 206 Å². The summed E-state index contributed by atoms with van der Waals surface area (Å²) in [6.07, 6.45) is 4.49. The summed E-state index contributed by atoms with van der Waals surface area (Å²) in [6.45, 7) is 20.0. The van der Waals surface area contributed by atoms with Crippen molar-refractivity contribution in [1.29, 1.82) is 0 Å². The Morgan fingerprint density at radius 1 is 0.521 bits per heavy atom. The Morgan fingerprint density at radius 3 is 1.73 bits per heavy atom. The fourth-order valence-corrected chi connectivity index (χ4v) is 10.0. The molecule has 0 unspecified atom stereocenters. The number of para-hydroxylation sites is 1. The van der Waals surface area contributed by atoms with E-state index in [4.69, 9.17) is 9.97 Å². The van der Waals surface area contributed by atoms with Crippen molar-refractivity contribution >= 4 is 11.0 Å². The molecule has 2 aromatic heterocycles. The van der Waals surface area contributed by atoms with Crippen LogP contribution in [0.5, 0.6) is 5.75 Å². The van der Waals surface area contributed by atoms with Gasteiger partial charge in [-0.1, -0.05) is 189 Å². The number of benzene rings is 7. The van der Waals surface area contributed by atoms with Crippen LogP contribution >= 0.6 is 0 Å². The molecule has 10 rings (SSSR count). The molecule has 71 heavy (non-hydrogen) atoms. The Bertz CT molecular complexity index is 3440. The number of nitrogens with zero attached hydrogens (tertiary/aromatic N) is 3. The largest absolute Gasteiger partial charge is 0.507 e. The third kappa shape index (κ3) is 10.2. The number of rotatable bonds is 8. The van der Waals surface area contributed by atoms with Crippen molar-refractivity contribution in [3.05, 3.63) is 204 Å². The minimum Gasteiger partial charge on any atom is -0.507 e. The van der Waals surface area contributed by atoms with Crippen LogP contribution in [0.4, 0.5) is 0 Å². The van der Waals surface area contributed by atoms with E-state index in [0.29, 0.717) is 37.1 Å². The molecule has 1 N–H and O–H groups in total. The van der Waals surface area contributed by atoms with Crippen molar-refractivity contribution in [2.75, 3.05) is 0 Å². The van der Waals surface area contributed by atoms with Crippen molar-refractivity contribution in [1.82, 2.24) is 14.5 Å². The van der Waals surface area contributed by atoms with E-state index in [0.717, 1.165) is 83.6 Å². The van der Waals surface area contributed by atoms with E-state index in [1.165, 1.54) is 5.56 Å². The minimum absolute atomic E-state index is 0. The van der Waals surface area contributed by atoms with Gasteiger partial charge in [0.1, 0.15) is 11.6 Å². The van der Waals surface area contributed by atoms with Crippen LogP contribution in [-0.4, -0.2) is 19.6 Å². The van der Waals surface area contributed by atoms with E-state index >= 15 is 0 Å². The normalized spacial score (nSPS) is 17.9. The van der Waals surface area contributed by atoms with Gasteiger partial charge in [-0.15, -0.1) is 29.3 Å². The van der Waals surface area contributed by atoms with Crippen LogP contribution in [0.3, 0.4) is 0 Å². The Balaban J connectivity index is 0.00000656. The number of imidazole rings is 1. The van der Waals surface area contributed by atoms with Crippen molar-refractivity contribution in [3.8, 4) is 67.5 Å². The number of aromatic nitrogens is 3. The summed E-state index contributed by atoms with van der Waals surface area (Å²) in [5, 5.41) is 11.8. The third-order valence-electron chi connectivity index (χ3n) is 14.3. The monoisotopic (exact) mass is 1110 g/mol. The van der Waals surface area contributed by atoms with Crippen LogP contribution in [-0.2, 0) is 37.3 Å². The number of fused-ring (bicyclic) bond motifs is 1. The van der Waals surface area contributed by atoms with E-state index < -0.39 is 11.8 Å². The molecule has 362 valence electrons. The number of phenols is 1. The molecule has 4 nitrogen and oxygen atoms in total. The molecular weight excluding hydrogens is 1050 g/mol. The van der Waals surface area contributed by atoms with E-state index in [-0.39, 0.29) is 43.1 Å². The molecule has 5 heteroatoms. The summed E-state index contributed by atoms with van der Waals surface area (Å²) in [5.74, 6) is -0.543. The number of phenolic OH excluding ortho intramolecular Hbond substituents is 1. The van der Waals surface area contributed by atoms with Crippen LogP contribution in [0, 0.1) is 6.07 Å². The second kappa shape index (κ2) is 19.7. The number of hydrogen-bond donors (Lipinski definition) is 1. The van der Waals surface area contributed by atoms with Gasteiger partial charge in [0.25, 0.3) is 0 Å². The molecule has 1 aliphatic rings. The predicted molar refractivity (Wildman–Crippen MR) is 293 cm³/mol. The summed E-state index contributed by atoms with van der Waals surface area (Å²) in [4.78, 5) is 10.6. The Hall–Kier alpha value is -6.35. The maximum atomic E-state index is 11.8. The molecule has 1 fully saturated rings. The summed E-state index contributed by atoms with van der Waals surface area (Å²) in [5.41, 5.74) is 16.3. The molecule has 2 heterocycles. The zero-order valence-corrected chi connectivity index (χ0v) is 44.9. The molecule has 0 bridgehead atoms. The quantitative estimate of drug-likeness (QED) is 0.154. The Kier molecular flexibility index (Phi) is 13.0. The molecule has 0 amide bonds. The molecule has 0 aliphatic heterocycles. The van der Waals surface area contributed by atoms with Gasteiger partial charge < -0.3 is 5.11 Å². The van der Waals surface area contributed by atoms with E-state index in [9.17, 15) is 7.85 Å². The van der Waals surface area contributed by atoms with Gasteiger partial charge in [0, 0.05) is 41.3 Å². The topological polar surface area (TPSA) is 50.9 Å². The number of aromatic hydroxyl groups is 1. The molecule has 1 aliphatic carbocycles. The van der Waals surface area contributed by atoms with Crippen molar-refractivity contribution in [3.63, 3.8) is 0 Å². The zero-order valence-electron chi connectivity index (χ0n) is 44.6. The van der Waals surface area contributed by atoms with Crippen LogP contribution < -0.4 is 0 Å². The molecule has 0 atom stereocenters. The molecule has 0 radical (unpaired) electrons. The first-order valence-electron chi connectivity index (χ1n) is 26.0. The van der Waals surface area contributed by atoms with Gasteiger partial charge in [-0.25, -0.2) is 4.98 Å². The number of pyridine rings is 1. The van der Waals surface area contributed by atoms with Gasteiger partial charge in [-0.3, -0.25) is 9.55 Å². The van der Waals surface area contributed by atoms with Gasteiger partial charge in [-0.05, 0) is 129 Å². The molecule has 0 spiro atoms. The van der Waals surface area contributed by atoms with Gasteiger partial charge in [0.2, 0.25) is 0 Å². The third-order valence-corrected chi connectivity index (χ3v) is 14.3. The fraction of sp³-hybridized carbons (Fsp3) is 0.273. The zero-order chi connectivity index (χ0) is 50.8. The van der Waals surface area contributed by atoms with Crippen LogP contribution in [0.2, 0.25) is 0 Å². The first-order valence-corrected chi connectivity index (χ1v) is 25.0. The van der Waals surface area contributed by atoms with Gasteiger partial charge in [0.05, 0.1) is 22.3 Å². The minimum atomic E-state index is -0.725. The van der Waals surface area contributed by atoms with Crippen molar-refractivity contribution in [2.24, 2.45) is 0 Å². The second-order valence-corrected chi connectivity index (χ2v) is 22.3. The Morgan fingerprint density at radius 2 is 1.10 bits per heavy atom. The maximum Gasteiger partial charge on any atom is 0.148 e. The summed E-state index contributed by atoms with van der Waals surface area (Å²) >= 11 is 0. The van der Waals surface area contributed by atoms with Gasteiger partial charge in [0.15, 0.2) is 0 Å². The standard InChI is InChI=1S/C66H66N3O.Pt/c1-64(2,3)52-31-33-59(56(41-52)48-19-14-11-15-20-48)69-60-22-16-21-55(62(60)68-63(69)57-42-53(65(4,5)6)32-34-61(57)70)50-37-51(39-54(38-50)66(7,8)9)58-40-49(35-36-67-58)47-29-27-46(28-30-47)45-25-23-44(24-26-45)43-17-12-10-13-18-43;/h10-22,27-36,38-42,44-45,70H,23-26H2,1-9H3;/q-1;/i44D,45D;. The summed E-state index contributed by atoms with van der Waals surface area (Å²) in [6, 6.07) is 60.8. The Labute approximate surface area is 439 Å². The molecular formula is C66H66N3OPt-. The second-order valence-electron chi connectivity index (χ2n) is 22.3. The average Bonchev–Trinajstić information content (AvgIpc) is 3.76. The van der Waals surface area contributed by atoms with E-state index in [1.807, 2.05) is 30.5 Å². The maximum absolute atomic E-state index is 11.8. The number of hydrogen-bond acceptors (Lipinski definition) is 3. The first-order chi connectivity index (χ1) is 34.2. The summed E-state index contributed by atoms with van der Waals surface area (Å²) < 4.78 is 21.0.